The normalized spacial score (nSPS) is 11.8. The Labute approximate surface area is 117 Å². The standard InChI is InChI=1S/C13H15N3O3S/c1-16(9-11-4-6-14-7-5-11)20(18,19)13-3-2-12(10-17)8-15-13/h2-8,17H,9-10H2,1H3. The number of aliphatic hydroxyl groups is 1. The Morgan fingerprint density at radius 1 is 1.15 bits per heavy atom. The van der Waals surface area contributed by atoms with Gasteiger partial charge in [0.25, 0.3) is 10.0 Å². The molecule has 0 aromatic carbocycles. The van der Waals surface area contributed by atoms with Crippen LogP contribution in [0.5, 0.6) is 0 Å². The predicted octanol–water partition coefficient (Wildman–Crippen LogP) is 0.790. The third kappa shape index (κ3) is 3.19. The second-order valence-corrected chi connectivity index (χ2v) is 6.27. The maximum Gasteiger partial charge on any atom is 0.260 e. The average molecular weight is 293 g/mol. The van der Waals surface area contributed by atoms with Gasteiger partial charge >= 0.3 is 0 Å². The van der Waals surface area contributed by atoms with Gasteiger partial charge in [0.05, 0.1) is 6.61 Å². The fourth-order valence-corrected chi connectivity index (χ4v) is 2.71. The number of nitrogens with zero attached hydrogens (tertiary/aromatic N) is 3. The van der Waals surface area contributed by atoms with Crippen LogP contribution in [0.1, 0.15) is 11.1 Å². The number of sulfonamides is 1. The smallest absolute Gasteiger partial charge is 0.260 e. The average Bonchev–Trinajstić information content (AvgIpc) is 2.48. The first-order valence-corrected chi connectivity index (χ1v) is 7.39. The van der Waals surface area contributed by atoms with E-state index in [0.29, 0.717) is 5.56 Å². The summed E-state index contributed by atoms with van der Waals surface area (Å²) in [6.07, 6.45) is 4.58. The summed E-state index contributed by atoms with van der Waals surface area (Å²) in [6.45, 7) is 0.0778. The Balaban J connectivity index is 2.20. The molecule has 0 unspecified atom stereocenters. The van der Waals surface area contributed by atoms with E-state index in [9.17, 15) is 8.42 Å². The molecule has 1 N–H and O–H groups in total. The van der Waals surface area contributed by atoms with Gasteiger partial charge in [0.2, 0.25) is 0 Å². The van der Waals surface area contributed by atoms with E-state index in [0.717, 1.165) is 5.56 Å². The quantitative estimate of drug-likeness (QED) is 0.881. The Kier molecular flexibility index (Phi) is 4.43. The molecule has 0 radical (unpaired) electrons. The van der Waals surface area contributed by atoms with E-state index in [2.05, 4.69) is 9.97 Å². The summed E-state index contributed by atoms with van der Waals surface area (Å²) in [5, 5.41) is 8.89. The van der Waals surface area contributed by atoms with Gasteiger partial charge in [-0.1, -0.05) is 6.07 Å². The maximum atomic E-state index is 12.3. The van der Waals surface area contributed by atoms with Gasteiger partial charge in [-0.05, 0) is 29.3 Å². The summed E-state index contributed by atoms with van der Waals surface area (Å²) in [7, 11) is -2.14. The number of aliphatic hydroxyl groups excluding tert-OH is 1. The SMILES string of the molecule is CN(Cc1ccncc1)S(=O)(=O)c1ccc(CO)cn1. The molecule has 6 nitrogen and oxygen atoms in total. The van der Waals surface area contributed by atoms with Gasteiger partial charge in [-0.2, -0.15) is 4.31 Å². The number of pyridine rings is 2. The minimum atomic E-state index is -3.64. The monoisotopic (exact) mass is 293 g/mol. The second kappa shape index (κ2) is 6.08. The van der Waals surface area contributed by atoms with Crippen molar-refractivity contribution < 1.29 is 13.5 Å². The molecule has 2 heterocycles. The molecule has 0 aliphatic rings. The van der Waals surface area contributed by atoms with Gasteiger partial charge in [-0.15, -0.1) is 0 Å². The van der Waals surface area contributed by atoms with E-state index in [1.807, 2.05) is 0 Å². The Hall–Kier alpha value is -1.83. The topological polar surface area (TPSA) is 83.4 Å². The lowest BCUT2D eigenvalue weighted by molar-refractivity contribution is 0.281. The summed E-state index contributed by atoms with van der Waals surface area (Å²) in [5.41, 5.74) is 1.42. The molecule has 2 aromatic rings. The van der Waals surface area contributed by atoms with E-state index >= 15 is 0 Å². The van der Waals surface area contributed by atoms with Crippen molar-refractivity contribution in [2.24, 2.45) is 0 Å². The summed E-state index contributed by atoms with van der Waals surface area (Å²) in [4.78, 5) is 7.77. The van der Waals surface area contributed by atoms with Crippen molar-refractivity contribution in [3.05, 3.63) is 54.0 Å². The van der Waals surface area contributed by atoms with Crippen LogP contribution in [0.25, 0.3) is 0 Å². The predicted molar refractivity (Wildman–Crippen MR) is 73.0 cm³/mol. The van der Waals surface area contributed by atoms with E-state index in [1.165, 1.54) is 23.6 Å². The van der Waals surface area contributed by atoms with Gasteiger partial charge in [0, 0.05) is 32.2 Å². The largest absolute Gasteiger partial charge is 0.392 e. The van der Waals surface area contributed by atoms with Crippen LogP contribution in [0.4, 0.5) is 0 Å². The third-order valence-electron chi connectivity index (χ3n) is 2.81. The Morgan fingerprint density at radius 3 is 2.40 bits per heavy atom. The summed E-state index contributed by atoms with van der Waals surface area (Å²) in [5.74, 6) is 0. The van der Waals surface area contributed by atoms with Gasteiger partial charge in [0.15, 0.2) is 5.03 Å². The fraction of sp³-hybridized carbons (Fsp3) is 0.231. The van der Waals surface area contributed by atoms with Crippen molar-refractivity contribution >= 4 is 10.0 Å². The van der Waals surface area contributed by atoms with Crippen molar-refractivity contribution in [2.75, 3.05) is 7.05 Å². The van der Waals surface area contributed by atoms with Crippen molar-refractivity contribution in [1.82, 2.24) is 14.3 Å². The highest BCUT2D eigenvalue weighted by molar-refractivity contribution is 7.89. The molecule has 20 heavy (non-hydrogen) atoms. The van der Waals surface area contributed by atoms with Crippen LogP contribution in [-0.2, 0) is 23.2 Å². The number of rotatable bonds is 5. The molecule has 0 aliphatic carbocycles. The first-order chi connectivity index (χ1) is 9.54. The van der Waals surface area contributed by atoms with Crippen molar-refractivity contribution in [3.8, 4) is 0 Å². The lowest BCUT2D eigenvalue weighted by atomic mass is 10.3. The van der Waals surface area contributed by atoms with Crippen LogP contribution in [0.3, 0.4) is 0 Å². The van der Waals surface area contributed by atoms with Crippen molar-refractivity contribution in [1.29, 1.82) is 0 Å². The summed E-state index contributed by atoms with van der Waals surface area (Å²) >= 11 is 0. The zero-order valence-electron chi connectivity index (χ0n) is 11.0. The van der Waals surface area contributed by atoms with E-state index in [-0.39, 0.29) is 18.2 Å². The van der Waals surface area contributed by atoms with E-state index < -0.39 is 10.0 Å². The number of hydrogen-bond donors (Lipinski definition) is 1. The highest BCUT2D eigenvalue weighted by Gasteiger charge is 2.22. The third-order valence-corrected chi connectivity index (χ3v) is 4.53. The minimum Gasteiger partial charge on any atom is -0.392 e. The van der Waals surface area contributed by atoms with Crippen LogP contribution < -0.4 is 0 Å². The Bertz CT molecular complexity index is 657. The molecule has 0 bridgehead atoms. The van der Waals surface area contributed by atoms with E-state index in [1.54, 1.807) is 30.6 Å². The lowest BCUT2D eigenvalue weighted by Crippen LogP contribution is -2.27. The molecule has 7 heteroatoms. The zero-order chi connectivity index (χ0) is 14.6. The molecule has 0 fully saturated rings. The lowest BCUT2D eigenvalue weighted by Gasteiger charge is -2.16. The molecule has 0 spiro atoms. The number of hydrogen-bond acceptors (Lipinski definition) is 5. The molecule has 2 aromatic heterocycles. The highest BCUT2D eigenvalue weighted by atomic mass is 32.2. The van der Waals surface area contributed by atoms with Gasteiger partial charge in [-0.25, -0.2) is 13.4 Å². The molecule has 106 valence electrons. The molecule has 0 amide bonds. The molecular weight excluding hydrogens is 278 g/mol. The van der Waals surface area contributed by atoms with Crippen LogP contribution in [0.2, 0.25) is 0 Å². The zero-order valence-corrected chi connectivity index (χ0v) is 11.8. The highest BCUT2D eigenvalue weighted by Crippen LogP contribution is 2.14. The number of aromatic nitrogens is 2. The maximum absolute atomic E-state index is 12.3. The van der Waals surface area contributed by atoms with Crippen LogP contribution in [-0.4, -0.2) is 34.8 Å². The summed E-state index contributed by atoms with van der Waals surface area (Å²) < 4.78 is 25.9. The Morgan fingerprint density at radius 2 is 1.85 bits per heavy atom. The van der Waals surface area contributed by atoms with Crippen molar-refractivity contribution in [2.45, 2.75) is 18.2 Å². The van der Waals surface area contributed by atoms with E-state index in [4.69, 9.17) is 5.11 Å². The molecule has 0 aliphatic heterocycles. The second-order valence-electron chi connectivity index (χ2n) is 4.28. The molecule has 0 saturated carbocycles. The molecule has 0 saturated heterocycles. The van der Waals surface area contributed by atoms with Gasteiger partial charge in [0.1, 0.15) is 0 Å². The first-order valence-electron chi connectivity index (χ1n) is 5.95. The van der Waals surface area contributed by atoms with Crippen molar-refractivity contribution in [3.63, 3.8) is 0 Å². The summed E-state index contributed by atoms with van der Waals surface area (Å²) in [6, 6.07) is 6.45. The van der Waals surface area contributed by atoms with Gasteiger partial charge in [-0.3, -0.25) is 4.98 Å². The van der Waals surface area contributed by atoms with Crippen LogP contribution >= 0.6 is 0 Å². The molecule has 0 atom stereocenters. The van der Waals surface area contributed by atoms with Crippen LogP contribution in [0, 0.1) is 0 Å². The fourth-order valence-electron chi connectivity index (χ4n) is 1.65. The van der Waals surface area contributed by atoms with Gasteiger partial charge < -0.3 is 5.11 Å². The molecular formula is C13H15N3O3S. The molecule has 2 rings (SSSR count). The van der Waals surface area contributed by atoms with Crippen LogP contribution in [0.15, 0.2) is 47.9 Å². The minimum absolute atomic E-state index is 0.0359. The first kappa shape index (κ1) is 14.6.